The number of hydrogen-bond acceptors (Lipinski definition) is 4. The molecule has 2 aromatic rings. The molecule has 0 aliphatic rings. The third kappa shape index (κ3) is 4.03. The zero-order chi connectivity index (χ0) is 13.1. The lowest BCUT2D eigenvalue weighted by molar-refractivity contribution is 0.101. The Kier molecular flexibility index (Phi) is 5.01. The van der Waals surface area contributed by atoms with Gasteiger partial charge in [0, 0.05) is 23.0 Å². The number of nitrogens with one attached hydrogen (secondary N) is 1. The van der Waals surface area contributed by atoms with Crippen molar-refractivity contribution in [2.45, 2.75) is 20.8 Å². The number of benzene rings is 1. The van der Waals surface area contributed by atoms with Crippen molar-refractivity contribution in [2.24, 2.45) is 0 Å². The summed E-state index contributed by atoms with van der Waals surface area (Å²) in [5.41, 5.74) is 2.44. The van der Waals surface area contributed by atoms with E-state index in [0.29, 0.717) is 5.56 Å². The van der Waals surface area contributed by atoms with Gasteiger partial charge in [0.1, 0.15) is 11.6 Å². The zero-order valence-electron chi connectivity index (χ0n) is 11.1. The molecule has 0 fully saturated rings. The Bertz CT molecular complexity index is 579. The van der Waals surface area contributed by atoms with Crippen molar-refractivity contribution in [2.75, 3.05) is 5.32 Å². The van der Waals surface area contributed by atoms with Crippen molar-refractivity contribution in [3.63, 3.8) is 0 Å². The molecule has 1 aromatic carbocycles. The molecular formula is C14H16ClN3O. The van der Waals surface area contributed by atoms with Gasteiger partial charge in [-0.15, -0.1) is 12.4 Å². The molecule has 0 saturated heterocycles. The van der Waals surface area contributed by atoms with Crippen molar-refractivity contribution >= 4 is 29.7 Å². The fraction of sp³-hybridized carbons (Fsp3) is 0.214. The third-order valence-corrected chi connectivity index (χ3v) is 2.51. The fourth-order valence-corrected chi connectivity index (χ4v) is 1.74. The Morgan fingerprint density at radius 3 is 2.53 bits per heavy atom. The minimum atomic E-state index is 0. The molecule has 0 saturated carbocycles. The van der Waals surface area contributed by atoms with Crippen LogP contribution < -0.4 is 5.32 Å². The van der Waals surface area contributed by atoms with Crippen LogP contribution in [0.2, 0.25) is 0 Å². The topological polar surface area (TPSA) is 54.9 Å². The number of anilines is 2. The second-order valence-corrected chi connectivity index (χ2v) is 4.20. The number of carbonyl (C=O) groups excluding carboxylic acids is 1. The Morgan fingerprint density at radius 2 is 1.89 bits per heavy atom. The van der Waals surface area contributed by atoms with Gasteiger partial charge < -0.3 is 5.32 Å². The maximum absolute atomic E-state index is 11.3. The van der Waals surface area contributed by atoms with Crippen LogP contribution in [0.15, 0.2) is 30.3 Å². The molecule has 4 nitrogen and oxygen atoms in total. The first-order valence-corrected chi connectivity index (χ1v) is 5.75. The lowest BCUT2D eigenvalue weighted by Gasteiger charge is -2.08. The number of Topliss-reactive ketones (excluding diaryl/α,β-unsaturated/α-hetero) is 1. The molecule has 1 N–H and O–H groups in total. The molecule has 0 aliphatic heterocycles. The number of aromatic nitrogens is 2. The van der Waals surface area contributed by atoms with Crippen LogP contribution in [-0.2, 0) is 0 Å². The van der Waals surface area contributed by atoms with Crippen LogP contribution in [0.3, 0.4) is 0 Å². The fourth-order valence-electron chi connectivity index (χ4n) is 1.74. The van der Waals surface area contributed by atoms with Gasteiger partial charge in [-0.05, 0) is 32.9 Å². The first-order chi connectivity index (χ1) is 8.54. The normalized spacial score (nSPS) is 9.63. The molecule has 1 heterocycles. The summed E-state index contributed by atoms with van der Waals surface area (Å²) in [7, 11) is 0. The molecule has 100 valence electrons. The van der Waals surface area contributed by atoms with Gasteiger partial charge in [0.05, 0.1) is 0 Å². The van der Waals surface area contributed by atoms with E-state index in [1.165, 1.54) is 0 Å². The quantitative estimate of drug-likeness (QED) is 0.873. The van der Waals surface area contributed by atoms with Crippen molar-refractivity contribution in [1.82, 2.24) is 9.97 Å². The lowest BCUT2D eigenvalue weighted by atomic mass is 10.1. The summed E-state index contributed by atoms with van der Waals surface area (Å²) in [5.74, 6) is 1.51. The summed E-state index contributed by atoms with van der Waals surface area (Å²) < 4.78 is 0. The van der Waals surface area contributed by atoms with Gasteiger partial charge in [-0.2, -0.15) is 0 Å². The maximum Gasteiger partial charge on any atom is 0.159 e. The van der Waals surface area contributed by atoms with Gasteiger partial charge in [0.25, 0.3) is 0 Å². The summed E-state index contributed by atoms with van der Waals surface area (Å²) in [4.78, 5) is 19.8. The van der Waals surface area contributed by atoms with E-state index in [2.05, 4.69) is 15.3 Å². The molecule has 0 unspecified atom stereocenters. The molecule has 2 rings (SSSR count). The van der Waals surface area contributed by atoms with Gasteiger partial charge >= 0.3 is 0 Å². The van der Waals surface area contributed by atoms with Crippen LogP contribution >= 0.6 is 12.4 Å². The molecule has 5 heteroatoms. The van der Waals surface area contributed by atoms with Gasteiger partial charge in [0.2, 0.25) is 0 Å². The van der Waals surface area contributed by atoms with Gasteiger partial charge in [-0.25, -0.2) is 9.97 Å². The predicted molar refractivity (Wildman–Crippen MR) is 78.5 cm³/mol. The first kappa shape index (κ1) is 15.1. The number of hydrogen-bond donors (Lipinski definition) is 1. The minimum Gasteiger partial charge on any atom is -0.340 e. The molecule has 0 bridgehead atoms. The molecule has 0 amide bonds. The summed E-state index contributed by atoms with van der Waals surface area (Å²) in [6.07, 6.45) is 0. The average Bonchev–Trinajstić information content (AvgIpc) is 2.27. The predicted octanol–water partition coefficient (Wildman–Crippen LogP) is 3.46. The van der Waals surface area contributed by atoms with E-state index in [-0.39, 0.29) is 18.2 Å². The van der Waals surface area contributed by atoms with Crippen molar-refractivity contribution in [3.05, 3.63) is 47.4 Å². The van der Waals surface area contributed by atoms with Crippen LogP contribution in [0.25, 0.3) is 0 Å². The van der Waals surface area contributed by atoms with Gasteiger partial charge in [0.15, 0.2) is 5.78 Å². The third-order valence-electron chi connectivity index (χ3n) is 2.51. The largest absolute Gasteiger partial charge is 0.340 e. The average molecular weight is 278 g/mol. The van der Waals surface area contributed by atoms with E-state index < -0.39 is 0 Å². The molecule has 0 radical (unpaired) electrons. The number of aryl methyl sites for hydroxylation is 2. The summed E-state index contributed by atoms with van der Waals surface area (Å²) in [5, 5.41) is 3.18. The highest BCUT2D eigenvalue weighted by molar-refractivity contribution is 5.95. The summed E-state index contributed by atoms with van der Waals surface area (Å²) >= 11 is 0. The standard InChI is InChI=1S/C14H15N3O.ClH/c1-9-7-14(16-11(3)15-9)17-13-6-4-5-12(8-13)10(2)18;/h4-8H,1-3H3,(H,15,16,17);1H. The second-order valence-electron chi connectivity index (χ2n) is 4.20. The van der Waals surface area contributed by atoms with Crippen LogP contribution in [-0.4, -0.2) is 15.8 Å². The molecule has 19 heavy (non-hydrogen) atoms. The van der Waals surface area contributed by atoms with Crippen LogP contribution in [0, 0.1) is 13.8 Å². The molecular weight excluding hydrogens is 262 g/mol. The summed E-state index contributed by atoms with van der Waals surface area (Å²) in [6, 6.07) is 9.23. The highest BCUT2D eigenvalue weighted by Gasteiger charge is 2.02. The molecule has 0 spiro atoms. The molecule has 1 aromatic heterocycles. The first-order valence-electron chi connectivity index (χ1n) is 5.75. The van der Waals surface area contributed by atoms with E-state index in [0.717, 1.165) is 23.0 Å². The number of rotatable bonds is 3. The van der Waals surface area contributed by atoms with Crippen LogP contribution in [0.4, 0.5) is 11.5 Å². The molecule has 0 aliphatic carbocycles. The smallest absolute Gasteiger partial charge is 0.159 e. The zero-order valence-corrected chi connectivity index (χ0v) is 11.9. The SMILES string of the molecule is CC(=O)c1cccc(Nc2cc(C)nc(C)n2)c1.Cl. The Hall–Kier alpha value is -1.94. The Balaban J connectivity index is 0.00000180. The highest BCUT2D eigenvalue weighted by Crippen LogP contribution is 2.17. The monoisotopic (exact) mass is 277 g/mol. The van der Waals surface area contributed by atoms with Crippen molar-refractivity contribution in [3.8, 4) is 0 Å². The van der Waals surface area contributed by atoms with Crippen molar-refractivity contribution < 1.29 is 4.79 Å². The molecule has 0 atom stereocenters. The number of carbonyl (C=O) groups is 1. The van der Waals surface area contributed by atoms with E-state index in [1.807, 2.05) is 38.1 Å². The van der Waals surface area contributed by atoms with E-state index in [9.17, 15) is 4.79 Å². The van der Waals surface area contributed by atoms with Crippen molar-refractivity contribution in [1.29, 1.82) is 0 Å². The number of halogens is 1. The summed E-state index contributed by atoms with van der Waals surface area (Å²) in [6.45, 7) is 5.33. The Labute approximate surface area is 118 Å². The highest BCUT2D eigenvalue weighted by atomic mass is 35.5. The maximum atomic E-state index is 11.3. The Morgan fingerprint density at radius 1 is 1.16 bits per heavy atom. The number of nitrogens with zero attached hydrogens (tertiary/aromatic N) is 2. The number of ketones is 1. The van der Waals surface area contributed by atoms with Crippen LogP contribution in [0.5, 0.6) is 0 Å². The minimum absolute atomic E-state index is 0. The van der Waals surface area contributed by atoms with E-state index in [1.54, 1.807) is 13.0 Å². The van der Waals surface area contributed by atoms with E-state index in [4.69, 9.17) is 0 Å². The van der Waals surface area contributed by atoms with Gasteiger partial charge in [-0.3, -0.25) is 4.79 Å². The second kappa shape index (κ2) is 6.29. The van der Waals surface area contributed by atoms with E-state index >= 15 is 0 Å². The van der Waals surface area contributed by atoms with Crippen LogP contribution in [0.1, 0.15) is 28.8 Å². The lowest BCUT2D eigenvalue weighted by Crippen LogP contribution is -2.00. The van der Waals surface area contributed by atoms with Gasteiger partial charge in [-0.1, -0.05) is 12.1 Å².